The fourth-order valence-electron chi connectivity index (χ4n) is 1.02. The van der Waals surface area contributed by atoms with Crippen LogP contribution in [0, 0.1) is 0 Å². The van der Waals surface area contributed by atoms with Crippen LogP contribution in [0.15, 0.2) is 39.0 Å². The van der Waals surface area contributed by atoms with Crippen LogP contribution < -0.4 is 4.74 Å². The molecule has 86 valence electrons. The first-order valence-corrected chi connectivity index (χ1v) is 6.05. The van der Waals surface area contributed by atoms with E-state index in [1.807, 2.05) is 12.1 Å². The van der Waals surface area contributed by atoms with Gasteiger partial charge < -0.3 is 9.84 Å². The number of hydrogen-bond acceptors (Lipinski definition) is 3. The van der Waals surface area contributed by atoms with Crippen LogP contribution >= 0.6 is 31.9 Å². The highest BCUT2D eigenvalue weighted by Crippen LogP contribution is 2.28. The molecule has 0 unspecified atom stereocenters. The number of hydrogen-bond donors (Lipinski definition) is 1. The predicted molar refractivity (Wildman–Crippen MR) is 68.7 cm³/mol. The Labute approximate surface area is 110 Å². The van der Waals surface area contributed by atoms with Gasteiger partial charge in [-0.05, 0) is 41.1 Å². The molecule has 0 bridgehead atoms. The summed E-state index contributed by atoms with van der Waals surface area (Å²) < 4.78 is 6.99. The quantitative estimate of drug-likeness (QED) is 0.667. The molecule has 0 amide bonds. The fourth-order valence-corrected chi connectivity index (χ4v) is 1.72. The molecule has 3 nitrogen and oxygen atoms in total. The van der Waals surface area contributed by atoms with Crippen molar-refractivity contribution in [1.82, 2.24) is 0 Å². The maximum atomic E-state index is 10.7. The highest BCUT2D eigenvalue weighted by Gasteiger charge is 2.03. The number of halogens is 2. The highest BCUT2D eigenvalue weighted by molar-refractivity contribution is 9.11. The molecule has 1 rings (SSSR count). The Balaban J connectivity index is 2.68. The minimum Gasteiger partial charge on any atom is -0.509 e. The lowest BCUT2D eigenvalue weighted by atomic mass is 10.3. The van der Waals surface area contributed by atoms with Crippen molar-refractivity contribution >= 4 is 37.6 Å². The molecule has 1 aromatic carbocycles. The van der Waals surface area contributed by atoms with Crippen LogP contribution in [0.3, 0.4) is 0 Å². The standard InChI is InChI=1S/C11H10Br2O3/c1-7(14)4-9(15)6-16-11-5-8(12)2-3-10(11)13/h2-5,15H,6H2,1H3. The van der Waals surface area contributed by atoms with Crippen molar-refractivity contribution in [3.63, 3.8) is 0 Å². The zero-order valence-electron chi connectivity index (χ0n) is 8.54. The number of ketones is 1. The van der Waals surface area contributed by atoms with Gasteiger partial charge in [0.05, 0.1) is 4.47 Å². The monoisotopic (exact) mass is 348 g/mol. The minimum atomic E-state index is -0.214. The molecule has 0 aliphatic rings. The summed E-state index contributed by atoms with van der Waals surface area (Å²) in [5.74, 6) is 0.284. The second kappa shape index (κ2) is 6.06. The van der Waals surface area contributed by atoms with E-state index < -0.39 is 0 Å². The zero-order chi connectivity index (χ0) is 12.1. The van der Waals surface area contributed by atoms with Gasteiger partial charge in [0.15, 0.2) is 5.78 Å². The zero-order valence-corrected chi connectivity index (χ0v) is 11.7. The third kappa shape index (κ3) is 4.37. The van der Waals surface area contributed by atoms with Crippen LogP contribution in [-0.2, 0) is 4.79 Å². The van der Waals surface area contributed by atoms with Crippen molar-refractivity contribution in [1.29, 1.82) is 0 Å². The van der Waals surface area contributed by atoms with E-state index in [2.05, 4.69) is 31.9 Å². The summed E-state index contributed by atoms with van der Waals surface area (Å²) in [6.45, 7) is 1.33. The number of benzene rings is 1. The third-order valence-electron chi connectivity index (χ3n) is 1.64. The number of carbonyl (C=O) groups is 1. The summed E-state index contributed by atoms with van der Waals surface area (Å²) in [5.41, 5.74) is 0. The summed E-state index contributed by atoms with van der Waals surface area (Å²) in [4.78, 5) is 10.7. The van der Waals surface area contributed by atoms with Crippen molar-refractivity contribution in [3.05, 3.63) is 39.0 Å². The Morgan fingerprint density at radius 1 is 1.50 bits per heavy atom. The SMILES string of the molecule is CC(=O)C=C(O)COc1cc(Br)ccc1Br. The van der Waals surface area contributed by atoms with Crippen molar-refractivity contribution in [3.8, 4) is 5.75 Å². The molecule has 0 aliphatic heterocycles. The van der Waals surface area contributed by atoms with Crippen molar-refractivity contribution in [2.75, 3.05) is 6.61 Å². The lowest BCUT2D eigenvalue weighted by Crippen LogP contribution is -2.02. The Morgan fingerprint density at radius 2 is 2.19 bits per heavy atom. The average molecular weight is 350 g/mol. The molecular formula is C11H10Br2O3. The number of aliphatic hydroxyl groups excluding tert-OH is 1. The lowest BCUT2D eigenvalue weighted by Gasteiger charge is -2.07. The molecular weight excluding hydrogens is 340 g/mol. The van der Waals surface area contributed by atoms with Crippen LogP contribution in [0.2, 0.25) is 0 Å². The third-order valence-corrected chi connectivity index (χ3v) is 2.79. The second-order valence-electron chi connectivity index (χ2n) is 3.11. The number of aliphatic hydroxyl groups is 1. The van der Waals surface area contributed by atoms with Gasteiger partial charge >= 0.3 is 0 Å². The van der Waals surface area contributed by atoms with Crippen molar-refractivity contribution in [2.24, 2.45) is 0 Å². The Kier molecular flexibility index (Phi) is 5.02. The molecule has 5 heteroatoms. The van der Waals surface area contributed by atoms with Crippen molar-refractivity contribution < 1.29 is 14.6 Å². The molecule has 0 aromatic heterocycles. The number of ether oxygens (including phenoxy) is 1. The first-order chi connectivity index (χ1) is 7.49. The largest absolute Gasteiger partial charge is 0.509 e. The van der Waals surface area contributed by atoms with Gasteiger partial charge in [0.2, 0.25) is 0 Å². The summed E-state index contributed by atoms with van der Waals surface area (Å²) >= 11 is 6.63. The van der Waals surface area contributed by atoms with E-state index in [1.54, 1.807) is 6.07 Å². The van der Waals surface area contributed by atoms with Crippen molar-refractivity contribution in [2.45, 2.75) is 6.92 Å². The van der Waals surface area contributed by atoms with E-state index in [4.69, 9.17) is 4.74 Å². The van der Waals surface area contributed by atoms with Gasteiger partial charge in [-0.2, -0.15) is 0 Å². The summed E-state index contributed by atoms with van der Waals surface area (Å²) in [6, 6.07) is 5.46. The van der Waals surface area contributed by atoms with Gasteiger partial charge in [-0.3, -0.25) is 4.79 Å². The van der Waals surface area contributed by atoms with E-state index in [-0.39, 0.29) is 18.1 Å². The fraction of sp³-hybridized carbons (Fsp3) is 0.182. The van der Waals surface area contributed by atoms with Gasteiger partial charge in [-0.1, -0.05) is 15.9 Å². The smallest absolute Gasteiger partial charge is 0.156 e. The van der Waals surface area contributed by atoms with Crippen LogP contribution in [0.4, 0.5) is 0 Å². The number of carbonyl (C=O) groups excluding carboxylic acids is 1. The molecule has 16 heavy (non-hydrogen) atoms. The van der Waals surface area contributed by atoms with Gasteiger partial charge in [-0.25, -0.2) is 0 Å². The van der Waals surface area contributed by atoms with Crippen LogP contribution in [-0.4, -0.2) is 17.5 Å². The maximum Gasteiger partial charge on any atom is 0.156 e. The molecule has 0 saturated heterocycles. The molecule has 0 radical (unpaired) electrons. The predicted octanol–water partition coefficient (Wildman–Crippen LogP) is 3.62. The van der Waals surface area contributed by atoms with E-state index in [0.717, 1.165) is 15.0 Å². The second-order valence-corrected chi connectivity index (χ2v) is 4.88. The highest BCUT2D eigenvalue weighted by atomic mass is 79.9. The Bertz CT molecular complexity index is 427. The summed E-state index contributed by atoms with van der Waals surface area (Å²) in [5, 5.41) is 9.33. The normalized spacial score (nSPS) is 11.3. The van der Waals surface area contributed by atoms with Gasteiger partial charge in [-0.15, -0.1) is 0 Å². The van der Waals surface area contributed by atoms with E-state index >= 15 is 0 Å². The molecule has 0 atom stereocenters. The average Bonchev–Trinajstić information content (AvgIpc) is 2.18. The molecule has 0 fully saturated rings. The first-order valence-electron chi connectivity index (χ1n) is 4.47. The van der Waals surface area contributed by atoms with E-state index in [0.29, 0.717) is 5.75 Å². The number of allylic oxidation sites excluding steroid dienone is 1. The molecule has 0 spiro atoms. The van der Waals surface area contributed by atoms with Gasteiger partial charge in [0.25, 0.3) is 0 Å². The molecule has 1 aromatic rings. The van der Waals surface area contributed by atoms with E-state index in [9.17, 15) is 9.90 Å². The molecule has 1 N–H and O–H groups in total. The van der Waals surface area contributed by atoms with Gasteiger partial charge in [0.1, 0.15) is 18.1 Å². The molecule has 0 aliphatic carbocycles. The van der Waals surface area contributed by atoms with Crippen LogP contribution in [0.1, 0.15) is 6.92 Å². The topological polar surface area (TPSA) is 46.5 Å². The van der Waals surface area contributed by atoms with Gasteiger partial charge in [0, 0.05) is 10.5 Å². The minimum absolute atomic E-state index is 0.0331. The molecule has 0 heterocycles. The summed E-state index contributed by atoms with van der Waals surface area (Å²) in [7, 11) is 0. The summed E-state index contributed by atoms with van der Waals surface area (Å²) in [6.07, 6.45) is 1.13. The Hall–Kier alpha value is -0.810. The first kappa shape index (κ1) is 13.3. The molecule has 0 saturated carbocycles. The number of rotatable bonds is 4. The maximum absolute atomic E-state index is 10.7. The van der Waals surface area contributed by atoms with Crippen LogP contribution in [0.5, 0.6) is 5.75 Å². The lowest BCUT2D eigenvalue weighted by molar-refractivity contribution is -0.112. The van der Waals surface area contributed by atoms with E-state index in [1.165, 1.54) is 6.92 Å². The van der Waals surface area contributed by atoms with Crippen LogP contribution in [0.25, 0.3) is 0 Å². The Morgan fingerprint density at radius 3 is 2.81 bits per heavy atom.